The first kappa shape index (κ1) is 13.7. The summed E-state index contributed by atoms with van der Waals surface area (Å²) >= 11 is 1.08. The summed E-state index contributed by atoms with van der Waals surface area (Å²) in [6.07, 6.45) is -0.337. The van der Waals surface area contributed by atoms with Crippen LogP contribution in [-0.4, -0.2) is 38.8 Å². The molecule has 1 atom stereocenters. The van der Waals surface area contributed by atoms with Crippen LogP contribution in [0.2, 0.25) is 0 Å². The molecule has 0 saturated heterocycles. The Hall–Kier alpha value is -1.72. The van der Waals surface area contributed by atoms with Crippen molar-refractivity contribution in [2.75, 3.05) is 14.2 Å². The Morgan fingerprint density at radius 3 is 2.89 bits per heavy atom. The molecule has 2 heterocycles. The number of thiophene rings is 1. The van der Waals surface area contributed by atoms with Gasteiger partial charge in [0.1, 0.15) is 5.75 Å². The predicted octanol–water partition coefficient (Wildman–Crippen LogP) is 1.11. The van der Waals surface area contributed by atoms with Gasteiger partial charge in [0, 0.05) is 7.05 Å². The van der Waals surface area contributed by atoms with Crippen molar-refractivity contribution < 1.29 is 18.0 Å². The van der Waals surface area contributed by atoms with Gasteiger partial charge in [0.25, 0.3) is 10.0 Å². The average molecular weight is 300 g/mol. The summed E-state index contributed by atoms with van der Waals surface area (Å²) in [5.41, 5.74) is 0. The summed E-state index contributed by atoms with van der Waals surface area (Å²) in [5.74, 6) is 5.73. The van der Waals surface area contributed by atoms with Crippen LogP contribution in [0.1, 0.15) is 6.92 Å². The molecule has 1 aliphatic rings. The second-order valence-electron chi connectivity index (χ2n) is 3.68. The lowest BCUT2D eigenvalue weighted by Crippen LogP contribution is -2.33. The van der Waals surface area contributed by atoms with Gasteiger partial charge in [-0.05, 0) is 30.2 Å². The van der Waals surface area contributed by atoms with Gasteiger partial charge < -0.3 is 9.57 Å². The van der Waals surface area contributed by atoms with E-state index in [1.165, 1.54) is 14.2 Å². The summed E-state index contributed by atoms with van der Waals surface area (Å²) in [6.45, 7) is 1.73. The van der Waals surface area contributed by atoms with Crippen molar-refractivity contribution >= 4 is 27.2 Å². The molecule has 0 N–H and O–H groups in total. The molecule has 19 heavy (non-hydrogen) atoms. The van der Waals surface area contributed by atoms with E-state index in [0.29, 0.717) is 5.75 Å². The monoisotopic (exact) mass is 300 g/mol. The van der Waals surface area contributed by atoms with Gasteiger partial charge in [-0.25, -0.2) is 4.31 Å². The quantitative estimate of drug-likeness (QED) is 0.784. The number of amidine groups is 1. The third-order valence-electron chi connectivity index (χ3n) is 2.39. The molecular weight excluding hydrogens is 288 g/mol. The van der Waals surface area contributed by atoms with Crippen molar-refractivity contribution in [1.29, 1.82) is 0 Å². The molecule has 1 aromatic heterocycles. The third-order valence-corrected chi connectivity index (χ3v) is 5.56. The number of sulfonamides is 1. The minimum atomic E-state index is -3.74. The smallest absolute Gasteiger partial charge is 0.279 e. The Balaban J connectivity index is 2.36. The molecular formula is C11H12N2O4S2. The Morgan fingerprint density at radius 1 is 1.58 bits per heavy atom. The van der Waals surface area contributed by atoms with Gasteiger partial charge in [-0.3, -0.25) is 0 Å². The van der Waals surface area contributed by atoms with E-state index >= 15 is 0 Å². The first-order valence-electron chi connectivity index (χ1n) is 5.32. The van der Waals surface area contributed by atoms with Crippen LogP contribution in [0.4, 0.5) is 0 Å². The van der Waals surface area contributed by atoms with E-state index in [1.54, 1.807) is 18.4 Å². The number of hydrogen-bond donors (Lipinski definition) is 0. The standard InChI is InChI=1S/C11H12N2O4S2/c1-8-4-5-10(12-17-8)13(2)19(14,15)11-9(16-3)6-7-18-11/h6-8H,1-3H3. The zero-order valence-electron chi connectivity index (χ0n) is 10.6. The van der Waals surface area contributed by atoms with Crippen molar-refractivity contribution in [2.24, 2.45) is 5.16 Å². The van der Waals surface area contributed by atoms with E-state index in [9.17, 15) is 8.42 Å². The molecule has 8 heteroatoms. The zero-order chi connectivity index (χ0) is 14.0. The molecule has 0 spiro atoms. The van der Waals surface area contributed by atoms with Gasteiger partial charge in [-0.1, -0.05) is 5.16 Å². The van der Waals surface area contributed by atoms with E-state index < -0.39 is 10.0 Å². The fourth-order valence-electron chi connectivity index (χ4n) is 1.34. The lowest BCUT2D eigenvalue weighted by molar-refractivity contribution is 0.108. The second kappa shape index (κ2) is 5.11. The van der Waals surface area contributed by atoms with Crippen molar-refractivity contribution in [3.63, 3.8) is 0 Å². The molecule has 0 saturated carbocycles. The molecule has 1 aromatic rings. The predicted molar refractivity (Wildman–Crippen MR) is 71.6 cm³/mol. The molecule has 0 radical (unpaired) electrons. The van der Waals surface area contributed by atoms with Gasteiger partial charge in [0.15, 0.2) is 10.3 Å². The highest BCUT2D eigenvalue weighted by Gasteiger charge is 2.29. The lowest BCUT2D eigenvalue weighted by atomic mass is 10.4. The minimum absolute atomic E-state index is 0.0496. The molecule has 0 aromatic carbocycles. The first-order chi connectivity index (χ1) is 8.96. The first-order valence-corrected chi connectivity index (χ1v) is 7.64. The summed E-state index contributed by atoms with van der Waals surface area (Å²) < 4.78 is 30.9. The topological polar surface area (TPSA) is 68.2 Å². The number of nitrogens with zero attached hydrogens (tertiary/aromatic N) is 2. The molecule has 1 unspecified atom stereocenters. The van der Waals surface area contributed by atoms with Crippen LogP contribution in [0.5, 0.6) is 5.75 Å². The van der Waals surface area contributed by atoms with E-state index in [-0.39, 0.29) is 16.1 Å². The SMILES string of the molecule is COc1ccsc1S(=O)(=O)N(C)C1=NOC(C)C#C1. The fraction of sp³-hybridized carbons (Fsp3) is 0.364. The number of rotatable bonds is 3. The third kappa shape index (κ3) is 2.52. The van der Waals surface area contributed by atoms with Gasteiger partial charge >= 0.3 is 0 Å². The van der Waals surface area contributed by atoms with Crippen LogP contribution in [0.15, 0.2) is 20.8 Å². The van der Waals surface area contributed by atoms with Crippen molar-refractivity contribution in [2.45, 2.75) is 17.2 Å². The van der Waals surface area contributed by atoms with Gasteiger partial charge in [-0.15, -0.1) is 11.3 Å². The van der Waals surface area contributed by atoms with Crippen LogP contribution in [-0.2, 0) is 14.9 Å². The van der Waals surface area contributed by atoms with Crippen LogP contribution in [0.3, 0.4) is 0 Å². The zero-order valence-corrected chi connectivity index (χ0v) is 12.2. The fourth-order valence-corrected chi connectivity index (χ4v) is 3.87. The number of ether oxygens (including phenoxy) is 1. The van der Waals surface area contributed by atoms with E-state index in [2.05, 4.69) is 17.0 Å². The van der Waals surface area contributed by atoms with Crippen molar-refractivity contribution in [1.82, 2.24) is 4.31 Å². The molecule has 0 fully saturated rings. The molecule has 0 amide bonds. The Labute approximate surface area is 115 Å². The summed E-state index contributed by atoms with van der Waals surface area (Å²) in [5, 5.41) is 5.34. The van der Waals surface area contributed by atoms with E-state index in [4.69, 9.17) is 9.57 Å². The summed E-state index contributed by atoms with van der Waals surface area (Å²) in [6, 6.07) is 1.60. The average Bonchev–Trinajstić information content (AvgIpc) is 2.87. The molecule has 2 rings (SSSR count). The molecule has 6 nitrogen and oxygen atoms in total. The molecule has 1 aliphatic heterocycles. The van der Waals surface area contributed by atoms with E-state index in [1.807, 2.05) is 0 Å². The molecule has 0 bridgehead atoms. The van der Waals surface area contributed by atoms with Crippen LogP contribution >= 0.6 is 11.3 Å². The van der Waals surface area contributed by atoms with Crippen LogP contribution in [0, 0.1) is 11.8 Å². The summed E-state index contributed by atoms with van der Waals surface area (Å²) in [7, 11) is -0.945. The highest BCUT2D eigenvalue weighted by Crippen LogP contribution is 2.31. The number of oxime groups is 1. The maximum Gasteiger partial charge on any atom is 0.279 e. The van der Waals surface area contributed by atoms with Crippen LogP contribution in [0.25, 0.3) is 0 Å². The van der Waals surface area contributed by atoms with Gasteiger partial charge in [-0.2, -0.15) is 8.42 Å². The molecule has 0 aliphatic carbocycles. The summed E-state index contributed by atoms with van der Waals surface area (Å²) in [4.78, 5) is 4.96. The largest absolute Gasteiger partial charge is 0.494 e. The maximum absolute atomic E-state index is 12.4. The highest BCUT2D eigenvalue weighted by atomic mass is 32.2. The van der Waals surface area contributed by atoms with E-state index in [0.717, 1.165) is 15.6 Å². The van der Waals surface area contributed by atoms with Crippen molar-refractivity contribution in [3.8, 4) is 17.6 Å². The number of methoxy groups -OCH3 is 1. The highest BCUT2D eigenvalue weighted by molar-refractivity contribution is 7.91. The lowest BCUT2D eigenvalue weighted by Gasteiger charge is -2.19. The maximum atomic E-state index is 12.4. The Bertz CT molecular complexity index is 666. The van der Waals surface area contributed by atoms with Crippen molar-refractivity contribution in [3.05, 3.63) is 11.4 Å². The number of hydrogen-bond acceptors (Lipinski definition) is 6. The van der Waals surface area contributed by atoms with Crippen LogP contribution < -0.4 is 4.74 Å². The minimum Gasteiger partial charge on any atom is -0.494 e. The molecule has 102 valence electrons. The Morgan fingerprint density at radius 2 is 2.32 bits per heavy atom. The normalized spacial score (nSPS) is 17.8. The Kier molecular flexibility index (Phi) is 3.68. The van der Waals surface area contributed by atoms with Gasteiger partial charge in [0.2, 0.25) is 5.84 Å². The van der Waals surface area contributed by atoms with Gasteiger partial charge in [0.05, 0.1) is 7.11 Å². The second-order valence-corrected chi connectivity index (χ2v) is 6.76.